The standard InChI is InChI=1S/C14H11Cl2NO4/c1-20-14-7-11(17(18)19)4-5-12(14)21-13-6-10(16)3-2-9(13)8-15/h2-7H,8H2,1H3. The average molecular weight is 328 g/mol. The highest BCUT2D eigenvalue weighted by molar-refractivity contribution is 6.30. The van der Waals surface area contributed by atoms with Crippen LogP contribution in [0, 0.1) is 10.1 Å². The molecule has 0 atom stereocenters. The molecule has 0 heterocycles. The summed E-state index contributed by atoms with van der Waals surface area (Å²) in [6, 6.07) is 9.18. The Labute approximate surface area is 131 Å². The molecule has 5 nitrogen and oxygen atoms in total. The summed E-state index contributed by atoms with van der Waals surface area (Å²) < 4.78 is 10.8. The molecule has 2 aromatic carbocycles. The van der Waals surface area contributed by atoms with E-state index in [4.69, 9.17) is 32.7 Å². The predicted molar refractivity (Wildman–Crippen MR) is 80.7 cm³/mol. The van der Waals surface area contributed by atoms with Crippen LogP contribution in [0.2, 0.25) is 5.02 Å². The van der Waals surface area contributed by atoms with E-state index in [0.29, 0.717) is 16.5 Å². The van der Waals surface area contributed by atoms with E-state index in [-0.39, 0.29) is 17.3 Å². The topological polar surface area (TPSA) is 61.6 Å². The SMILES string of the molecule is COc1cc([N+](=O)[O-])ccc1Oc1cc(Cl)ccc1CCl. The highest BCUT2D eigenvalue weighted by atomic mass is 35.5. The van der Waals surface area contributed by atoms with Gasteiger partial charge in [-0.25, -0.2) is 0 Å². The molecule has 0 unspecified atom stereocenters. The van der Waals surface area contributed by atoms with Gasteiger partial charge in [0.15, 0.2) is 11.5 Å². The van der Waals surface area contributed by atoms with Crippen LogP contribution in [0.25, 0.3) is 0 Å². The monoisotopic (exact) mass is 327 g/mol. The molecule has 0 aliphatic carbocycles. The maximum Gasteiger partial charge on any atom is 0.273 e. The van der Waals surface area contributed by atoms with Gasteiger partial charge in [0.05, 0.1) is 24.0 Å². The summed E-state index contributed by atoms with van der Waals surface area (Å²) in [5.41, 5.74) is 0.671. The first-order chi connectivity index (χ1) is 10.0. The smallest absolute Gasteiger partial charge is 0.273 e. The Balaban J connectivity index is 2.39. The summed E-state index contributed by atoms with van der Waals surface area (Å²) in [5, 5.41) is 11.3. The van der Waals surface area contributed by atoms with Gasteiger partial charge in [-0.15, -0.1) is 11.6 Å². The number of halogens is 2. The number of hydrogen-bond donors (Lipinski definition) is 0. The van der Waals surface area contributed by atoms with Crippen molar-refractivity contribution in [2.45, 2.75) is 5.88 Å². The van der Waals surface area contributed by atoms with Crippen LogP contribution in [-0.4, -0.2) is 12.0 Å². The molecule has 0 saturated heterocycles. The van der Waals surface area contributed by atoms with Crippen molar-refractivity contribution in [3.05, 3.63) is 57.1 Å². The molecule has 0 radical (unpaired) electrons. The Morgan fingerprint density at radius 3 is 2.52 bits per heavy atom. The van der Waals surface area contributed by atoms with Crippen molar-refractivity contribution in [1.82, 2.24) is 0 Å². The lowest BCUT2D eigenvalue weighted by Crippen LogP contribution is -1.95. The molecule has 2 aromatic rings. The number of methoxy groups -OCH3 is 1. The molecule has 0 fully saturated rings. The molecule has 0 spiro atoms. The second kappa shape index (κ2) is 6.65. The second-order valence-corrected chi connectivity index (χ2v) is 4.78. The number of nitro groups is 1. The van der Waals surface area contributed by atoms with Crippen molar-refractivity contribution in [3.63, 3.8) is 0 Å². The van der Waals surface area contributed by atoms with Crippen LogP contribution in [0.5, 0.6) is 17.2 Å². The third-order valence-corrected chi connectivity index (χ3v) is 3.27. The van der Waals surface area contributed by atoms with E-state index in [1.54, 1.807) is 18.2 Å². The number of nitrogens with zero attached hydrogens (tertiary/aromatic N) is 1. The number of alkyl halides is 1. The zero-order valence-electron chi connectivity index (χ0n) is 11.0. The van der Waals surface area contributed by atoms with Gasteiger partial charge >= 0.3 is 0 Å². The Morgan fingerprint density at radius 2 is 1.90 bits per heavy atom. The third-order valence-electron chi connectivity index (χ3n) is 2.75. The maximum absolute atomic E-state index is 10.8. The van der Waals surface area contributed by atoms with Gasteiger partial charge in [-0.1, -0.05) is 17.7 Å². The molecular formula is C14H11Cl2NO4. The summed E-state index contributed by atoms with van der Waals surface area (Å²) >= 11 is 11.8. The van der Waals surface area contributed by atoms with Gasteiger partial charge in [-0.3, -0.25) is 10.1 Å². The normalized spacial score (nSPS) is 10.2. The number of non-ortho nitro benzene ring substituents is 1. The molecule has 2 rings (SSSR count). The molecule has 110 valence electrons. The molecule has 0 saturated carbocycles. The van der Waals surface area contributed by atoms with Gasteiger partial charge in [0, 0.05) is 16.7 Å². The zero-order chi connectivity index (χ0) is 15.4. The lowest BCUT2D eigenvalue weighted by atomic mass is 10.2. The third kappa shape index (κ3) is 3.56. The summed E-state index contributed by atoms with van der Waals surface area (Å²) in [6.45, 7) is 0. The van der Waals surface area contributed by atoms with Crippen LogP contribution >= 0.6 is 23.2 Å². The quantitative estimate of drug-likeness (QED) is 0.450. The highest BCUT2D eigenvalue weighted by Crippen LogP contribution is 2.36. The number of rotatable bonds is 5. The Morgan fingerprint density at radius 1 is 1.14 bits per heavy atom. The lowest BCUT2D eigenvalue weighted by Gasteiger charge is -2.12. The minimum absolute atomic E-state index is 0.0807. The molecule has 0 aromatic heterocycles. The Kier molecular flexibility index (Phi) is 4.88. The lowest BCUT2D eigenvalue weighted by molar-refractivity contribution is -0.384. The van der Waals surface area contributed by atoms with Crippen molar-refractivity contribution in [1.29, 1.82) is 0 Å². The van der Waals surface area contributed by atoms with Gasteiger partial charge in [-0.2, -0.15) is 0 Å². The highest BCUT2D eigenvalue weighted by Gasteiger charge is 2.14. The van der Waals surface area contributed by atoms with E-state index in [9.17, 15) is 10.1 Å². The van der Waals surface area contributed by atoms with Crippen LogP contribution in [0.4, 0.5) is 5.69 Å². The molecule has 0 aliphatic rings. The van der Waals surface area contributed by atoms with Crippen molar-refractivity contribution >= 4 is 28.9 Å². The van der Waals surface area contributed by atoms with Crippen LogP contribution in [0.1, 0.15) is 5.56 Å². The van der Waals surface area contributed by atoms with Gasteiger partial charge in [-0.05, 0) is 18.2 Å². The van der Waals surface area contributed by atoms with Gasteiger partial charge < -0.3 is 9.47 Å². The van der Waals surface area contributed by atoms with E-state index in [2.05, 4.69) is 0 Å². The van der Waals surface area contributed by atoms with Gasteiger partial charge in [0.2, 0.25) is 0 Å². The van der Waals surface area contributed by atoms with Crippen LogP contribution in [0.15, 0.2) is 36.4 Å². The molecule has 0 bridgehead atoms. The number of nitro benzene ring substituents is 1. The van der Waals surface area contributed by atoms with Crippen LogP contribution in [0.3, 0.4) is 0 Å². The summed E-state index contributed by atoms with van der Waals surface area (Å²) in [7, 11) is 1.41. The maximum atomic E-state index is 10.8. The first-order valence-corrected chi connectivity index (χ1v) is 6.81. The summed E-state index contributed by atoms with van der Waals surface area (Å²) in [4.78, 5) is 10.3. The first-order valence-electron chi connectivity index (χ1n) is 5.90. The second-order valence-electron chi connectivity index (χ2n) is 4.08. The number of benzene rings is 2. The van der Waals surface area contributed by atoms with E-state index < -0.39 is 4.92 Å². The van der Waals surface area contributed by atoms with E-state index in [1.165, 1.54) is 25.3 Å². The van der Waals surface area contributed by atoms with Crippen molar-refractivity contribution in [3.8, 4) is 17.2 Å². The van der Waals surface area contributed by atoms with Gasteiger partial charge in [0.1, 0.15) is 5.75 Å². The molecule has 0 amide bonds. The number of hydrogen-bond acceptors (Lipinski definition) is 4. The Bertz CT molecular complexity index is 676. The minimum Gasteiger partial charge on any atom is -0.493 e. The Hall–Kier alpha value is -1.98. The number of ether oxygens (including phenoxy) is 2. The van der Waals surface area contributed by atoms with Crippen molar-refractivity contribution in [2.24, 2.45) is 0 Å². The summed E-state index contributed by atoms with van der Waals surface area (Å²) in [6.07, 6.45) is 0. The van der Waals surface area contributed by atoms with Crippen LogP contribution in [-0.2, 0) is 5.88 Å². The van der Waals surface area contributed by atoms with Gasteiger partial charge in [0.25, 0.3) is 5.69 Å². The minimum atomic E-state index is -0.504. The molecular weight excluding hydrogens is 317 g/mol. The van der Waals surface area contributed by atoms with Crippen molar-refractivity contribution in [2.75, 3.05) is 7.11 Å². The fraction of sp³-hybridized carbons (Fsp3) is 0.143. The molecule has 7 heteroatoms. The zero-order valence-corrected chi connectivity index (χ0v) is 12.5. The molecule has 0 aliphatic heterocycles. The molecule has 0 N–H and O–H groups in total. The van der Waals surface area contributed by atoms with E-state index in [1.807, 2.05) is 0 Å². The average Bonchev–Trinajstić information content (AvgIpc) is 2.47. The largest absolute Gasteiger partial charge is 0.493 e. The van der Waals surface area contributed by atoms with Crippen LogP contribution < -0.4 is 9.47 Å². The fourth-order valence-electron chi connectivity index (χ4n) is 1.71. The predicted octanol–water partition coefficient (Wildman–Crippen LogP) is 4.79. The fourth-order valence-corrected chi connectivity index (χ4v) is 2.09. The van der Waals surface area contributed by atoms with E-state index in [0.717, 1.165) is 5.56 Å². The molecule has 21 heavy (non-hydrogen) atoms. The first kappa shape index (κ1) is 15.4. The van der Waals surface area contributed by atoms with E-state index >= 15 is 0 Å². The van der Waals surface area contributed by atoms with Crippen molar-refractivity contribution < 1.29 is 14.4 Å². The summed E-state index contributed by atoms with van der Waals surface area (Å²) in [5.74, 6) is 1.33.